The summed E-state index contributed by atoms with van der Waals surface area (Å²) in [7, 11) is 0. The van der Waals surface area contributed by atoms with E-state index in [2.05, 4.69) is 4.90 Å². The fourth-order valence-electron chi connectivity index (χ4n) is 6.98. The van der Waals surface area contributed by atoms with Crippen molar-refractivity contribution in [3.63, 3.8) is 0 Å². The van der Waals surface area contributed by atoms with Crippen molar-refractivity contribution < 1.29 is 74.1 Å². The highest BCUT2D eigenvalue weighted by atomic mass is 16.7. The number of aromatic nitrogens is 1. The SMILES string of the molecule is Cc1c(O[C@H]2[C@H](O)[C@@H](O)[C@H](O)O[C@@H]2C(=O)O)n(Cc2ccc(OCCN3CCCCCC3)cc2)c2ccc(O[C@@H]3O[C@H](C(=O)O)[C@@H](O)[C@H](O)[C@H]3O)cc12. The minimum absolute atomic E-state index is 0.0748. The lowest BCUT2D eigenvalue weighted by atomic mass is 9.98. The van der Waals surface area contributed by atoms with Gasteiger partial charge in [0, 0.05) is 17.5 Å². The Morgan fingerprint density at radius 3 is 2.08 bits per heavy atom. The van der Waals surface area contributed by atoms with E-state index in [1.165, 1.54) is 37.8 Å². The average molecular weight is 747 g/mol. The Balaban J connectivity index is 1.28. The summed E-state index contributed by atoms with van der Waals surface area (Å²) < 4.78 is 30.0. The van der Waals surface area contributed by atoms with Gasteiger partial charge in [-0.25, -0.2) is 9.59 Å². The van der Waals surface area contributed by atoms with Gasteiger partial charge in [0.2, 0.25) is 6.29 Å². The molecule has 3 aromatic rings. The maximum atomic E-state index is 12.1. The van der Waals surface area contributed by atoms with Gasteiger partial charge >= 0.3 is 11.9 Å². The highest BCUT2D eigenvalue weighted by Crippen LogP contribution is 2.38. The molecule has 3 fully saturated rings. The fourth-order valence-corrected chi connectivity index (χ4v) is 6.98. The molecule has 0 unspecified atom stereocenters. The van der Waals surface area contributed by atoms with Gasteiger partial charge in [-0.05, 0) is 68.8 Å². The molecule has 17 nitrogen and oxygen atoms in total. The van der Waals surface area contributed by atoms with Crippen LogP contribution < -0.4 is 14.2 Å². The first-order valence-electron chi connectivity index (χ1n) is 17.6. The minimum Gasteiger partial charge on any atom is -0.492 e. The van der Waals surface area contributed by atoms with Crippen LogP contribution in [0.5, 0.6) is 17.4 Å². The van der Waals surface area contributed by atoms with Gasteiger partial charge in [-0.15, -0.1) is 0 Å². The molecule has 4 heterocycles. The van der Waals surface area contributed by atoms with Crippen LogP contribution in [-0.4, -0.2) is 150 Å². The molecule has 3 saturated heterocycles. The fraction of sp³-hybridized carbons (Fsp3) is 0.556. The summed E-state index contributed by atoms with van der Waals surface area (Å²) >= 11 is 0. The van der Waals surface area contributed by atoms with Crippen LogP contribution in [0.15, 0.2) is 42.5 Å². The maximum Gasteiger partial charge on any atom is 0.336 e. The molecule has 0 radical (unpaired) electrons. The van der Waals surface area contributed by atoms with E-state index in [1.807, 2.05) is 24.3 Å². The lowest BCUT2D eigenvalue weighted by Crippen LogP contribution is -2.61. The number of ether oxygens (including phenoxy) is 5. The Labute approximate surface area is 304 Å². The molecule has 53 heavy (non-hydrogen) atoms. The van der Waals surface area contributed by atoms with Crippen LogP contribution in [0.2, 0.25) is 0 Å². The maximum absolute atomic E-state index is 12.1. The molecule has 0 spiro atoms. The molecule has 8 N–H and O–H groups in total. The van der Waals surface area contributed by atoms with Crippen molar-refractivity contribution in [1.29, 1.82) is 0 Å². The molecule has 3 aliphatic heterocycles. The lowest BCUT2D eigenvalue weighted by Gasteiger charge is -2.39. The Kier molecular flexibility index (Phi) is 12.1. The second-order valence-electron chi connectivity index (χ2n) is 13.6. The number of carboxylic acid groups (broad SMARTS) is 2. The molecule has 6 rings (SSSR count). The van der Waals surface area contributed by atoms with E-state index in [9.17, 15) is 50.4 Å². The first-order chi connectivity index (χ1) is 25.3. The number of benzene rings is 2. The first-order valence-corrected chi connectivity index (χ1v) is 17.6. The van der Waals surface area contributed by atoms with Gasteiger partial charge in [-0.1, -0.05) is 25.0 Å². The number of likely N-dealkylation sites (tertiary alicyclic amines) is 1. The molecule has 3 aliphatic rings. The summed E-state index contributed by atoms with van der Waals surface area (Å²) in [4.78, 5) is 26.1. The number of carboxylic acids is 2. The van der Waals surface area contributed by atoms with Gasteiger partial charge in [-0.3, -0.25) is 4.90 Å². The van der Waals surface area contributed by atoms with Crippen molar-refractivity contribution in [2.75, 3.05) is 26.2 Å². The Bertz CT molecular complexity index is 1730. The monoisotopic (exact) mass is 746 g/mol. The molecule has 2 aromatic carbocycles. The van der Waals surface area contributed by atoms with E-state index in [4.69, 9.17) is 23.7 Å². The molecular formula is C36H46N2O15. The third-order valence-electron chi connectivity index (χ3n) is 9.99. The van der Waals surface area contributed by atoms with Gasteiger partial charge in [-0.2, -0.15) is 0 Å². The van der Waals surface area contributed by atoms with Crippen molar-refractivity contribution in [3.8, 4) is 17.4 Å². The predicted molar refractivity (Wildman–Crippen MR) is 183 cm³/mol. The highest BCUT2D eigenvalue weighted by Gasteiger charge is 2.50. The summed E-state index contributed by atoms with van der Waals surface area (Å²) in [6, 6.07) is 12.0. The van der Waals surface area contributed by atoms with Crippen molar-refractivity contribution in [2.45, 2.75) is 101 Å². The number of hydrogen-bond acceptors (Lipinski definition) is 14. The summed E-state index contributed by atoms with van der Waals surface area (Å²) in [5.41, 5.74) is 1.77. The Morgan fingerprint density at radius 1 is 0.755 bits per heavy atom. The molecule has 0 aliphatic carbocycles. The van der Waals surface area contributed by atoms with E-state index in [0.29, 0.717) is 28.8 Å². The second kappa shape index (κ2) is 16.5. The van der Waals surface area contributed by atoms with Crippen LogP contribution in [0, 0.1) is 6.92 Å². The number of aliphatic carboxylic acids is 2. The molecule has 17 heteroatoms. The zero-order valence-electron chi connectivity index (χ0n) is 29.0. The molecule has 0 amide bonds. The molecule has 0 saturated carbocycles. The van der Waals surface area contributed by atoms with Crippen molar-refractivity contribution in [2.24, 2.45) is 0 Å². The first kappa shape index (κ1) is 38.7. The van der Waals surface area contributed by atoms with Crippen LogP contribution in [0.4, 0.5) is 0 Å². The van der Waals surface area contributed by atoms with Gasteiger partial charge in [0.1, 0.15) is 48.6 Å². The van der Waals surface area contributed by atoms with E-state index < -0.39 is 73.4 Å². The Morgan fingerprint density at radius 2 is 1.42 bits per heavy atom. The number of carbonyl (C=O) groups is 2. The number of aliphatic hydroxyl groups is 6. The number of aliphatic hydroxyl groups excluding tert-OH is 6. The van der Waals surface area contributed by atoms with E-state index >= 15 is 0 Å². The summed E-state index contributed by atoms with van der Waals surface area (Å²) in [6.07, 6.45) is -13.5. The standard InChI is InChI=1S/C36H46N2O15/c1-18-22-16-21(50-36-28(43)24(39)25(40)30(53-36)33(44)45)10-11-23(22)38(32(18)51-29-26(41)27(42)35(48)52-31(29)34(46)47)17-19-6-8-20(9-7-19)49-15-14-37-12-4-2-3-5-13-37/h6-11,16,24-31,35-36,39-43,48H,2-5,12-15,17H2,1H3,(H,44,45)(H,46,47)/t24-,25-,26+,27+,28+,29-,30-,31-,35+,36+/m0/s1. The highest BCUT2D eigenvalue weighted by molar-refractivity contribution is 5.88. The van der Waals surface area contributed by atoms with Crippen LogP contribution in [0.1, 0.15) is 36.8 Å². The third-order valence-corrected chi connectivity index (χ3v) is 9.99. The molecule has 10 atom stereocenters. The predicted octanol–water partition coefficient (Wildman–Crippen LogP) is -0.205. The van der Waals surface area contributed by atoms with Gasteiger partial charge < -0.3 is 69.1 Å². The molecule has 290 valence electrons. The summed E-state index contributed by atoms with van der Waals surface area (Å²) in [6.45, 7) is 5.33. The van der Waals surface area contributed by atoms with Crippen LogP contribution in [0.25, 0.3) is 10.9 Å². The van der Waals surface area contributed by atoms with E-state index in [1.54, 1.807) is 17.6 Å². The van der Waals surface area contributed by atoms with Crippen molar-refractivity contribution in [1.82, 2.24) is 9.47 Å². The summed E-state index contributed by atoms with van der Waals surface area (Å²) in [5.74, 6) is -2.26. The smallest absolute Gasteiger partial charge is 0.336 e. The van der Waals surface area contributed by atoms with Gasteiger partial charge in [0.05, 0.1) is 12.1 Å². The molecule has 1 aromatic heterocycles. The van der Waals surface area contributed by atoms with Gasteiger partial charge in [0.25, 0.3) is 0 Å². The number of nitrogens with zero attached hydrogens (tertiary/aromatic N) is 2. The summed E-state index contributed by atoms with van der Waals surface area (Å²) in [5, 5.41) is 81.8. The van der Waals surface area contributed by atoms with Crippen molar-refractivity contribution in [3.05, 3.63) is 53.6 Å². The number of hydrogen-bond donors (Lipinski definition) is 8. The zero-order chi connectivity index (χ0) is 38.0. The van der Waals surface area contributed by atoms with E-state index in [0.717, 1.165) is 25.2 Å². The number of aryl methyl sites for hydroxylation is 1. The van der Waals surface area contributed by atoms with E-state index in [-0.39, 0.29) is 18.2 Å². The van der Waals surface area contributed by atoms with Crippen molar-refractivity contribution >= 4 is 22.8 Å². The largest absolute Gasteiger partial charge is 0.492 e. The Hall–Kier alpha value is -4.04. The van der Waals surface area contributed by atoms with Gasteiger partial charge in [0.15, 0.2) is 30.5 Å². The average Bonchev–Trinajstić information content (AvgIpc) is 3.27. The van der Waals surface area contributed by atoms with Crippen LogP contribution >= 0.6 is 0 Å². The van der Waals surface area contributed by atoms with Crippen LogP contribution in [-0.2, 0) is 25.6 Å². The third kappa shape index (κ3) is 8.38. The second-order valence-corrected chi connectivity index (χ2v) is 13.6. The minimum atomic E-state index is -1.97. The molecular weight excluding hydrogens is 700 g/mol. The normalized spacial score (nSPS) is 31.2. The molecule has 0 bridgehead atoms. The number of fused-ring (bicyclic) bond motifs is 1. The lowest BCUT2D eigenvalue weighted by molar-refractivity contribution is -0.276. The van der Waals surface area contributed by atoms with Crippen LogP contribution in [0.3, 0.4) is 0 Å². The quantitative estimate of drug-likeness (QED) is 0.119. The topological polar surface area (TPSA) is 250 Å². The zero-order valence-corrected chi connectivity index (χ0v) is 29.0. The number of rotatable bonds is 12.